The van der Waals surface area contributed by atoms with Gasteiger partial charge < -0.3 is 9.47 Å². The molecule has 0 bridgehead atoms. The molecule has 2 atom stereocenters. The fourth-order valence-electron chi connectivity index (χ4n) is 5.46. The van der Waals surface area contributed by atoms with E-state index < -0.39 is 12.0 Å². The number of hydrazone groups is 1. The summed E-state index contributed by atoms with van der Waals surface area (Å²) in [4.78, 5) is 0. The van der Waals surface area contributed by atoms with Crippen molar-refractivity contribution < 1.29 is 9.47 Å². The van der Waals surface area contributed by atoms with Crippen LogP contribution >= 0.6 is 0 Å². The summed E-state index contributed by atoms with van der Waals surface area (Å²) in [6.07, 6.45) is -0.464. The van der Waals surface area contributed by atoms with E-state index in [2.05, 4.69) is 70.8 Å². The number of anilines is 2. The third kappa shape index (κ3) is 3.85. The summed E-state index contributed by atoms with van der Waals surface area (Å²) < 4.78 is 12.8. The lowest BCUT2D eigenvalue weighted by atomic mass is 9.93. The number of methoxy groups -OCH3 is 1. The number of benzene rings is 5. The van der Waals surface area contributed by atoms with Crippen molar-refractivity contribution in [2.75, 3.05) is 17.2 Å². The van der Waals surface area contributed by atoms with Crippen molar-refractivity contribution in [3.63, 3.8) is 0 Å². The maximum atomic E-state index is 7.34. The van der Waals surface area contributed by atoms with Gasteiger partial charge in [0.1, 0.15) is 11.5 Å². The van der Waals surface area contributed by atoms with Gasteiger partial charge in [0.2, 0.25) is 5.72 Å². The van der Waals surface area contributed by atoms with Crippen LogP contribution in [0.5, 0.6) is 5.75 Å². The molecule has 0 saturated carbocycles. The molecule has 5 aromatic rings. The van der Waals surface area contributed by atoms with Gasteiger partial charge in [-0.1, -0.05) is 114 Å². The fourth-order valence-corrected chi connectivity index (χ4v) is 5.46. The molecule has 2 heterocycles. The molecule has 2 unspecified atom stereocenters. The van der Waals surface area contributed by atoms with Crippen LogP contribution in [0.2, 0.25) is 0 Å². The number of hydrogen-bond acceptors (Lipinski definition) is 6. The Kier molecular flexibility index (Phi) is 6.04. The first-order valence-corrected chi connectivity index (χ1v) is 13.3. The van der Waals surface area contributed by atoms with Gasteiger partial charge in [-0.15, -0.1) is 0 Å². The molecule has 5 aromatic carbocycles. The highest BCUT2D eigenvalue weighted by atomic mass is 16.6. The van der Waals surface area contributed by atoms with Crippen LogP contribution < -0.4 is 14.9 Å². The van der Waals surface area contributed by atoms with Gasteiger partial charge in [-0.05, 0) is 36.4 Å². The van der Waals surface area contributed by atoms with Crippen LogP contribution in [0.4, 0.5) is 11.4 Å². The fraction of sp³-hybridized carbons (Fsp3) is 0.0882. The Morgan fingerprint density at radius 3 is 1.80 bits per heavy atom. The molecule has 6 heteroatoms. The lowest BCUT2D eigenvalue weighted by molar-refractivity contribution is -0.0492. The topological polar surface area (TPSA) is 40.5 Å². The third-order valence-electron chi connectivity index (χ3n) is 7.31. The van der Waals surface area contributed by atoms with E-state index in [1.807, 2.05) is 90.0 Å². The highest BCUT2D eigenvalue weighted by Gasteiger charge is 2.63. The zero-order valence-electron chi connectivity index (χ0n) is 22.0. The predicted molar refractivity (Wildman–Crippen MR) is 158 cm³/mol. The van der Waals surface area contributed by atoms with Gasteiger partial charge >= 0.3 is 0 Å². The Hall–Kier alpha value is -4.91. The zero-order chi connectivity index (χ0) is 26.9. The van der Waals surface area contributed by atoms with Crippen LogP contribution in [-0.2, 0) is 10.5 Å². The van der Waals surface area contributed by atoms with Crippen molar-refractivity contribution in [3.8, 4) is 5.75 Å². The molecule has 6 nitrogen and oxygen atoms in total. The second kappa shape index (κ2) is 10.0. The number of nitrogens with zero attached hydrogens (tertiary/aromatic N) is 4. The minimum absolute atomic E-state index is 0.464. The third-order valence-corrected chi connectivity index (χ3v) is 7.31. The highest BCUT2D eigenvalue weighted by Crippen LogP contribution is 2.54. The summed E-state index contributed by atoms with van der Waals surface area (Å²) in [7, 11) is 1.68. The summed E-state index contributed by atoms with van der Waals surface area (Å²) in [5.74, 6) is 0.795. The normalized spacial score (nSPS) is 20.3. The van der Waals surface area contributed by atoms with Crippen molar-refractivity contribution in [3.05, 3.63) is 162 Å². The molecular formula is C34H28N4O2. The number of hydrogen-bond donors (Lipinski definition) is 0. The van der Waals surface area contributed by atoms with E-state index in [1.54, 1.807) is 7.11 Å². The minimum Gasteiger partial charge on any atom is -0.497 e. The maximum absolute atomic E-state index is 7.34. The summed E-state index contributed by atoms with van der Waals surface area (Å²) in [5.41, 5.74) is 4.61. The SMILES string of the molecule is COc1ccc(C2OC3(c4ccccc4)C(c4ccccc4)=NN(c4ccccc4)N3N2c2ccccc2)cc1. The molecule has 40 heavy (non-hydrogen) atoms. The number of rotatable bonds is 6. The summed E-state index contributed by atoms with van der Waals surface area (Å²) >= 11 is 0. The van der Waals surface area contributed by atoms with Gasteiger partial charge in [-0.3, -0.25) is 5.01 Å². The molecule has 0 spiro atoms. The quantitative estimate of drug-likeness (QED) is 0.236. The molecule has 0 N–H and O–H groups in total. The van der Waals surface area contributed by atoms with Gasteiger partial charge in [0.25, 0.3) is 0 Å². The van der Waals surface area contributed by atoms with E-state index in [0.717, 1.165) is 39.5 Å². The van der Waals surface area contributed by atoms with E-state index in [4.69, 9.17) is 14.6 Å². The monoisotopic (exact) mass is 524 g/mol. The Bertz CT molecular complexity index is 1610. The van der Waals surface area contributed by atoms with Crippen LogP contribution in [0.15, 0.2) is 151 Å². The van der Waals surface area contributed by atoms with Crippen LogP contribution in [0.25, 0.3) is 0 Å². The smallest absolute Gasteiger partial charge is 0.233 e. The number of hydrazine groups is 2. The number of para-hydroxylation sites is 2. The molecule has 2 aliphatic rings. The molecule has 0 aromatic heterocycles. The van der Waals surface area contributed by atoms with Crippen LogP contribution in [-0.4, -0.2) is 17.9 Å². The van der Waals surface area contributed by atoms with E-state index in [0.29, 0.717) is 0 Å². The average molecular weight is 525 g/mol. The first-order valence-electron chi connectivity index (χ1n) is 13.3. The van der Waals surface area contributed by atoms with E-state index in [-0.39, 0.29) is 0 Å². The molecule has 2 aliphatic heterocycles. The highest BCUT2D eigenvalue weighted by molar-refractivity contribution is 6.09. The molecule has 0 aliphatic carbocycles. The Balaban J connectivity index is 1.52. The lowest BCUT2D eigenvalue weighted by Gasteiger charge is -2.39. The Morgan fingerprint density at radius 2 is 1.20 bits per heavy atom. The van der Waals surface area contributed by atoms with Crippen LogP contribution in [0.1, 0.15) is 22.9 Å². The first-order chi connectivity index (χ1) is 19.8. The van der Waals surface area contributed by atoms with Gasteiger partial charge in [0.05, 0.1) is 18.5 Å². The van der Waals surface area contributed by atoms with Gasteiger partial charge in [0, 0.05) is 16.7 Å². The van der Waals surface area contributed by atoms with E-state index in [1.165, 1.54) is 0 Å². The Labute approximate surface area is 233 Å². The molecule has 0 radical (unpaired) electrons. The largest absolute Gasteiger partial charge is 0.497 e. The minimum atomic E-state index is -1.06. The van der Waals surface area contributed by atoms with Crippen molar-refractivity contribution in [2.24, 2.45) is 5.10 Å². The summed E-state index contributed by atoms with van der Waals surface area (Å²) in [6, 6.07) is 49.2. The van der Waals surface area contributed by atoms with Gasteiger partial charge in [0.15, 0.2) is 6.23 Å². The van der Waals surface area contributed by atoms with Crippen molar-refractivity contribution in [1.29, 1.82) is 0 Å². The zero-order valence-corrected chi connectivity index (χ0v) is 22.0. The van der Waals surface area contributed by atoms with Crippen molar-refractivity contribution in [2.45, 2.75) is 12.0 Å². The molecule has 196 valence electrons. The second-order valence-electron chi connectivity index (χ2n) is 9.66. The molecule has 7 rings (SSSR count). The van der Waals surface area contributed by atoms with Gasteiger partial charge in [-0.2, -0.15) is 10.2 Å². The van der Waals surface area contributed by atoms with Crippen LogP contribution in [0, 0.1) is 0 Å². The standard InChI is InChI=1S/C34H28N4O2/c1-39-31-24-22-27(23-25-31)33-36(29-18-10-4-11-19-29)38-34(40-33,28-16-8-3-9-17-28)32(26-14-6-2-7-15-26)35-37(38)30-20-12-5-13-21-30/h2-25,33H,1H3. The molecule has 0 amide bonds. The molecule has 1 fully saturated rings. The number of fused-ring (bicyclic) bond motifs is 1. The van der Waals surface area contributed by atoms with Crippen molar-refractivity contribution in [1.82, 2.24) is 5.12 Å². The van der Waals surface area contributed by atoms with Crippen molar-refractivity contribution >= 4 is 17.1 Å². The van der Waals surface area contributed by atoms with E-state index in [9.17, 15) is 0 Å². The lowest BCUT2D eigenvalue weighted by Crippen LogP contribution is -2.55. The second-order valence-corrected chi connectivity index (χ2v) is 9.66. The number of ether oxygens (including phenoxy) is 2. The summed E-state index contributed by atoms with van der Waals surface area (Å²) in [5, 5.41) is 11.6. The first kappa shape index (κ1) is 24.2. The maximum Gasteiger partial charge on any atom is 0.233 e. The van der Waals surface area contributed by atoms with E-state index >= 15 is 0 Å². The summed E-state index contributed by atoms with van der Waals surface area (Å²) in [6.45, 7) is 0. The predicted octanol–water partition coefficient (Wildman–Crippen LogP) is 7.14. The molecule has 1 saturated heterocycles. The Morgan fingerprint density at radius 1 is 0.650 bits per heavy atom. The van der Waals surface area contributed by atoms with Gasteiger partial charge in [-0.25, -0.2) is 0 Å². The molecular weight excluding hydrogens is 496 g/mol. The average Bonchev–Trinajstić information content (AvgIpc) is 3.57. The van der Waals surface area contributed by atoms with Crippen LogP contribution in [0.3, 0.4) is 0 Å².